The van der Waals surface area contributed by atoms with Crippen molar-refractivity contribution in [3.05, 3.63) is 0 Å². The molecule has 1 heterocycles. The van der Waals surface area contributed by atoms with E-state index in [4.69, 9.17) is 5.73 Å². The molecule has 2 unspecified atom stereocenters. The van der Waals surface area contributed by atoms with Crippen LogP contribution >= 0.6 is 0 Å². The topological polar surface area (TPSA) is 63.4 Å². The molecule has 1 aliphatic heterocycles. The Hall–Kier alpha value is -0.130. The van der Waals surface area contributed by atoms with Crippen LogP contribution in [0, 0.1) is 11.8 Å². The smallest absolute Gasteiger partial charge is 0.214 e. The summed E-state index contributed by atoms with van der Waals surface area (Å²) in [6, 6.07) is 0.160. The van der Waals surface area contributed by atoms with Gasteiger partial charge in [0.25, 0.3) is 0 Å². The van der Waals surface area contributed by atoms with Crippen molar-refractivity contribution in [2.45, 2.75) is 45.1 Å². The van der Waals surface area contributed by atoms with Crippen LogP contribution in [0.4, 0.5) is 0 Å². The van der Waals surface area contributed by atoms with Gasteiger partial charge >= 0.3 is 0 Å². The highest BCUT2D eigenvalue weighted by Crippen LogP contribution is 2.30. The maximum atomic E-state index is 12.2. The highest BCUT2D eigenvalue weighted by Gasteiger charge is 2.31. The van der Waals surface area contributed by atoms with E-state index in [9.17, 15) is 8.42 Å². The third-order valence-electron chi connectivity index (χ3n) is 4.34. The molecule has 0 aromatic carbocycles. The van der Waals surface area contributed by atoms with Gasteiger partial charge in [-0.3, -0.25) is 0 Å². The van der Waals surface area contributed by atoms with Crippen molar-refractivity contribution in [2.24, 2.45) is 17.6 Å². The first-order chi connectivity index (χ1) is 7.99. The zero-order valence-electron chi connectivity index (χ0n) is 10.6. The molecule has 0 radical (unpaired) electrons. The van der Waals surface area contributed by atoms with Crippen LogP contribution in [0.15, 0.2) is 0 Å². The molecule has 2 rings (SSSR count). The van der Waals surface area contributed by atoms with E-state index in [1.807, 2.05) is 6.92 Å². The van der Waals surface area contributed by atoms with Gasteiger partial charge in [-0.25, -0.2) is 12.7 Å². The minimum Gasteiger partial charge on any atom is -0.327 e. The van der Waals surface area contributed by atoms with Gasteiger partial charge in [0.1, 0.15) is 0 Å². The first-order valence-corrected chi connectivity index (χ1v) is 8.33. The Morgan fingerprint density at radius 2 is 2.00 bits per heavy atom. The normalized spacial score (nSPS) is 32.4. The number of sulfonamides is 1. The molecular formula is C12H24N2O2S. The fourth-order valence-electron chi connectivity index (χ4n) is 2.60. The minimum absolute atomic E-state index is 0.160. The van der Waals surface area contributed by atoms with E-state index in [2.05, 4.69) is 0 Å². The number of piperidine rings is 1. The Bertz CT molecular complexity index is 352. The van der Waals surface area contributed by atoms with Gasteiger partial charge in [-0.2, -0.15) is 0 Å². The summed E-state index contributed by atoms with van der Waals surface area (Å²) in [5.41, 5.74) is 5.92. The number of rotatable bonds is 4. The number of nitrogens with zero attached hydrogens (tertiary/aromatic N) is 1. The van der Waals surface area contributed by atoms with Crippen molar-refractivity contribution in [3.63, 3.8) is 0 Å². The van der Waals surface area contributed by atoms with Crippen LogP contribution in [0.2, 0.25) is 0 Å². The average molecular weight is 260 g/mol. The maximum Gasteiger partial charge on any atom is 0.214 e. The Morgan fingerprint density at radius 1 is 1.29 bits per heavy atom. The molecule has 1 aliphatic carbocycles. The first kappa shape index (κ1) is 13.3. The summed E-state index contributed by atoms with van der Waals surface area (Å²) in [6.07, 6.45) is 5.36. The molecule has 2 N–H and O–H groups in total. The molecule has 2 atom stereocenters. The van der Waals surface area contributed by atoms with E-state index in [-0.39, 0.29) is 12.0 Å². The zero-order chi connectivity index (χ0) is 12.5. The lowest BCUT2D eigenvalue weighted by molar-refractivity contribution is 0.247. The molecule has 0 spiro atoms. The summed E-state index contributed by atoms with van der Waals surface area (Å²) in [7, 11) is -3.03. The lowest BCUT2D eigenvalue weighted by Crippen LogP contribution is -2.48. The number of hydrogen-bond donors (Lipinski definition) is 1. The first-order valence-electron chi connectivity index (χ1n) is 6.72. The average Bonchev–Trinajstić information content (AvgIpc) is 2.19. The quantitative estimate of drug-likeness (QED) is 0.825. The second-order valence-corrected chi connectivity index (χ2v) is 7.78. The van der Waals surface area contributed by atoms with Crippen LogP contribution in [-0.4, -0.2) is 37.6 Å². The van der Waals surface area contributed by atoms with E-state index in [1.165, 1.54) is 19.3 Å². The lowest BCUT2D eigenvalue weighted by atomic mass is 9.84. The van der Waals surface area contributed by atoms with Gasteiger partial charge < -0.3 is 5.73 Å². The Balaban J connectivity index is 1.86. The van der Waals surface area contributed by atoms with Crippen molar-refractivity contribution >= 4 is 10.0 Å². The largest absolute Gasteiger partial charge is 0.327 e. The second kappa shape index (κ2) is 5.24. The van der Waals surface area contributed by atoms with Gasteiger partial charge in [0.2, 0.25) is 10.0 Å². The predicted octanol–water partition coefficient (Wildman–Crippen LogP) is 1.18. The van der Waals surface area contributed by atoms with E-state index in [1.54, 1.807) is 4.31 Å². The van der Waals surface area contributed by atoms with Crippen molar-refractivity contribution < 1.29 is 8.42 Å². The van der Waals surface area contributed by atoms with Crippen LogP contribution in [0.1, 0.15) is 39.0 Å². The highest BCUT2D eigenvalue weighted by atomic mass is 32.2. The summed E-state index contributed by atoms with van der Waals surface area (Å²) in [5.74, 6) is 1.27. The molecule has 0 bridgehead atoms. The molecule has 0 aromatic rings. The third-order valence-corrected chi connectivity index (χ3v) is 6.21. The number of nitrogens with two attached hydrogens (primary N) is 1. The van der Waals surface area contributed by atoms with Crippen LogP contribution in [0.25, 0.3) is 0 Å². The SMILES string of the molecule is CC1CN(S(=O)(=O)CCC2CCC2)CCC1N. The van der Waals surface area contributed by atoms with E-state index in [0.717, 1.165) is 12.8 Å². The predicted molar refractivity (Wildman–Crippen MR) is 69.1 cm³/mol. The van der Waals surface area contributed by atoms with Gasteiger partial charge in [-0.1, -0.05) is 26.2 Å². The molecular weight excluding hydrogens is 236 g/mol. The summed E-state index contributed by atoms with van der Waals surface area (Å²) < 4.78 is 26.0. The lowest BCUT2D eigenvalue weighted by Gasteiger charge is -2.35. The van der Waals surface area contributed by atoms with Gasteiger partial charge in [-0.05, 0) is 24.7 Å². The van der Waals surface area contributed by atoms with Gasteiger partial charge in [-0.15, -0.1) is 0 Å². The minimum atomic E-state index is -3.03. The molecule has 0 amide bonds. The molecule has 1 saturated carbocycles. The van der Waals surface area contributed by atoms with Crippen molar-refractivity contribution in [3.8, 4) is 0 Å². The molecule has 0 aromatic heterocycles. The van der Waals surface area contributed by atoms with Crippen LogP contribution in [0.5, 0.6) is 0 Å². The number of hydrogen-bond acceptors (Lipinski definition) is 3. The van der Waals surface area contributed by atoms with Gasteiger partial charge in [0.05, 0.1) is 5.75 Å². The standard InChI is InChI=1S/C12H24N2O2S/c1-10-9-14(7-5-12(10)13)17(15,16)8-6-11-3-2-4-11/h10-12H,2-9,13H2,1H3. The van der Waals surface area contributed by atoms with Crippen LogP contribution < -0.4 is 5.73 Å². The summed E-state index contributed by atoms with van der Waals surface area (Å²) in [5, 5.41) is 0. The monoisotopic (exact) mass is 260 g/mol. The molecule has 5 heteroatoms. The fourth-order valence-corrected chi connectivity index (χ4v) is 4.34. The van der Waals surface area contributed by atoms with E-state index in [0.29, 0.717) is 24.8 Å². The molecule has 1 saturated heterocycles. The molecule has 4 nitrogen and oxygen atoms in total. The summed E-state index contributed by atoms with van der Waals surface area (Å²) >= 11 is 0. The van der Waals surface area contributed by atoms with E-state index < -0.39 is 10.0 Å². The Morgan fingerprint density at radius 3 is 2.53 bits per heavy atom. The van der Waals surface area contributed by atoms with Crippen molar-refractivity contribution in [1.29, 1.82) is 0 Å². The van der Waals surface area contributed by atoms with Crippen LogP contribution in [0.3, 0.4) is 0 Å². The third kappa shape index (κ3) is 3.20. The fraction of sp³-hybridized carbons (Fsp3) is 1.00. The van der Waals surface area contributed by atoms with Gasteiger partial charge in [0, 0.05) is 19.1 Å². The second-order valence-electron chi connectivity index (χ2n) is 5.69. The molecule has 100 valence electrons. The molecule has 2 aliphatic rings. The van der Waals surface area contributed by atoms with Crippen molar-refractivity contribution in [1.82, 2.24) is 4.31 Å². The summed E-state index contributed by atoms with van der Waals surface area (Å²) in [6.45, 7) is 3.25. The maximum absolute atomic E-state index is 12.2. The summed E-state index contributed by atoms with van der Waals surface area (Å²) in [4.78, 5) is 0. The van der Waals surface area contributed by atoms with Gasteiger partial charge in [0.15, 0.2) is 0 Å². The van der Waals surface area contributed by atoms with Crippen molar-refractivity contribution in [2.75, 3.05) is 18.8 Å². The highest BCUT2D eigenvalue weighted by molar-refractivity contribution is 7.89. The van der Waals surface area contributed by atoms with Crippen LogP contribution in [-0.2, 0) is 10.0 Å². The van der Waals surface area contributed by atoms with E-state index >= 15 is 0 Å². The Kier molecular flexibility index (Phi) is 4.10. The molecule has 2 fully saturated rings. The Labute approximate surface area is 105 Å². The molecule has 17 heavy (non-hydrogen) atoms. The zero-order valence-corrected chi connectivity index (χ0v) is 11.5.